The molecule has 0 aliphatic heterocycles. The molecule has 5 heteroatoms. The highest BCUT2D eigenvalue weighted by Gasteiger charge is 2.16. The topological polar surface area (TPSA) is 68.5 Å². The summed E-state index contributed by atoms with van der Waals surface area (Å²) in [4.78, 5) is 23.4. The molecule has 1 N–H and O–H groups in total. The van der Waals surface area contributed by atoms with Gasteiger partial charge in [0.05, 0.1) is 17.5 Å². The summed E-state index contributed by atoms with van der Waals surface area (Å²) in [6.07, 6.45) is 1.38. The van der Waals surface area contributed by atoms with Crippen LogP contribution in [0.3, 0.4) is 0 Å². The van der Waals surface area contributed by atoms with E-state index in [1.165, 1.54) is 6.20 Å². The van der Waals surface area contributed by atoms with E-state index in [0.29, 0.717) is 29.8 Å². The van der Waals surface area contributed by atoms with Crippen LogP contribution in [0.1, 0.15) is 24.2 Å². The molecule has 100 valence electrons. The number of carboxylic acids is 1. The van der Waals surface area contributed by atoms with Crippen LogP contribution < -0.4 is 10.2 Å². The van der Waals surface area contributed by atoms with Gasteiger partial charge in [0.25, 0.3) is 0 Å². The largest absolute Gasteiger partial charge is 0.493 e. The number of rotatable bonds is 4. The molecule has 5 nitrogen and oxygen atoms in total. The summed E-state index contributed by atoms with van der Waals surface area (Å²) in [6.45, 7) is 4.70. The lowest BCUT2D eigenvalue weighted by atomic mass is 10.1. The molecule has 0 spiro atoms. The molecule has 0 fully saturated rings. The first-order chi connectivity index (χ1) is 9.10. The Bertz CT molecular complexity index is 688. The molecular weight excluding hydrogens is 246 g/mol. The van der Waals surface area contributed by atoms with Crippen molar-refractivity contribution < 1.29 is 14.6 Å². The number of pyridine rings is 1. The van der Waals surface area contributed by atoms with Crippen LogP contribution in [0.25, 0.3) is 10.9 Å². The summed E-state index contributed by atoms with van der Waals surface area (Å²) >= 11 is 0. The van der Waals surface area contributed by atoms with Crippen LogP contribution in [-0.4, -0.2) is 22.2 Å². The van der Waals surface area contributed by atoms with Gasteiger partial charge in [-0.3, -0.25) is 4.79 Å². The monoisotopic (exact) mass is 261 g/mol. The number of fused-ring (bicyclic) bond motifs is 1. The van der Waals surface area contributed by atoms with Crippen molar-refractivity contribution in [1.29, 1.82) is 0 Å². The molecule has 0 saturated heterocycles. The van der Waals surface area contributed by atoms with Gasteiger partial charge in [-0.1, -0.05) is 6.07 Å². The van der Waals surface area contributed by atoms with E-state index in [9.17, 15) is 9.59 Å². The van der Waals surface area contributed by atoms with Crippen molar-refractivity contribution in [3.8, 4) is 5.75 Å². The molecule has 1 aromatic carbocycles. The Balaban J connectivity index is 2.92. The predicted molar refractivity (Wildman–Crippen MR) is 72.0 cm³/mol. The summed E-state index contributed by atoms with van der Waals surface area (Å²) in [7, 11) is 0. The fourth-order valence-electron chi connectivity index (χ4n) is 2.10. The first-order valence-electron chi connectivity index (χ1n) is 6.12. The van der Waals surface area contributed by atoms with Gasteiger partial charge in [-0.05, 0) is 26.0 Å². The summed E-state index contributed by atoms with van der Waals surface area (Å²) in [6, 6.07) is 5.26. The van der Waals surface area contributed by atoms with E-state index in [2.05, 4.69) is 0 Å². The highest BCUT2D eigenvalue weighted by molar-refractivity contribution is 5.94. The average molecular weight is 261 g/mol. The number of carboxylic acid groups (broad SMARTS) is 1. The first kappa shape index (κ1) is 13.1. The lowest BCUT2D eigenvalue weighted by Crippen LogP contribution is -2.19. The third kappa shape index (κ3) is 2.19. The lowest BCUT2D eigenvalue weighted by Gasteiger charge is -2.12. The molecule has 19 heavy (non-hydrogen) atoms. The van der Waals surface area contributed by atoms with Gasteiger partial charge in [0, 0.05) is 12.7 Å². The highest BCUT2D eigenvalue weighted by atomic mass is 16.5. The van der Waals surface area contributed by atoms with Crippen molar-refractivity contribution in [1.82, 2.24) is 4.57 Å². The molecule has 2 aromatic rings. The minimum absolute atomic E-state index is 0.235. The van der Waals surface area contributed by atoms with Crippen molar-refractivity contribution in [2.24, 2.45) is 0 Å². The lowest BCUT2D eigenvalue weighted by molar-refractivity contribution is 0.0695. The fraction of sp³-hybridized carbons (Fsp3) is 0.286. The van der Waals surface area contributed by atoms with Crippen molar-refractivity contribution >= 4 is 16.9 Å². The Hall–Kier alpha value is -2.30. The Labute approximate surface area is 110 Å². The van der Waals surface area contributed by atoms with Crippen LogP contribution in [0.2, 0.25) is 0 Å². The van der Waals surface area contributed by atoms with Crippen LogP contribution in [0.5, 0.6) is 5.75 Å². The van der Waals surface area contributed by atoms with E-state index < -0.39 is 11.4 Å². The predicted octanol–water partition coefficient (Wildman–Crippen LogP) is 2.12. The van der Waals surface area contributed by atoms with Crippen LogP contribution in [0.15, 0.2) is 29.2 Å². The molecule has 0 aliphatic carbocycles. The maximum Gasteiger partial charge on any atom is 0.341 e. The SMILES string of the molecule is CCOc1cccc2c1c(=O)c(C(=O)O)cn2CC. The summed E-state index contributed by atoms with van der Waals surface area (Å²) in [5, 5.41) is 9.44. The van der Waals surface area contributed by atoms with Crippen LogP contribution in [0, 0.1) is 0 Å². The zero-order chi connectivity index (χ0) is 14.0. The van der Waals surface area contributed by atoms with Crippen LogP contribution in [-0.2, 0) is 6.54 Å². The van der Waals surface area contributed by atoms with E-state index in [-0.39, 0.29) is 5.56 Å². The van der Waals surface area contributed by atoms with Crippen molar-refractivity contribution in [3.63, 3.8) is 0 Å². The molecule has 1 aromatic heterocycles. The summed E-state index contributed by atoms with van der Waals surface area (Å²) in [5.74, 6) is -0.796. The van der Waals surface area contributed by atoms with E-state index in [4.69, 9.17) is 9.84 Å². The number of ether oxygens (including phenoxy) is 1. The minimum Gasteiger partial charge on any atom is -0.493 e. The van der Waals surface area contributed by atoms with Crippen molar-refractivity contribution in [2.75, 3.05) is 6.61 Å². The fourth-order valence-corrected chi connectivity index (χ4v) is 2.10. The van der Waals surface area contributed by atoms with Gasteiger partial charge in [-0.2, -0.15) is 0 Å². The second-order valence-electron chi connectivity index (χ2n) is 4.05. The third-order valence-corrected chi connectivity index (χ3v) is 2.94. The standard InChI is InChI=1S/C14H15NO4/c1-3-15-8-9(14(17)18)13(16)12-10(15)6-5-7-11(12)19-4-2/h5-8H,3-4H2,1-2H3,(H,17,18). The van der Waals surface area contributed by atoms with Gasteiger partial charge in [0.2, 0.25) is 5.43 Å². The second kappa shape index (κ2) is 5.14. The van der Waals surface area contributed by atoms with E-state index in [1.807, 2.05) is 13.8 Å². The molecule has 0 atom stereocenters. The average Bonchev–Trinajstić information content (AvgIpc) is 2.39. The van der Waals surface area contributed by atoms with Crippen LogP contribution >= 0.6 is 0 Å². The number of hydrogen-bond acceptors (Lipinski definition) is 3. The van der Waals surface area contributed by atoms with Gasteiger partial charge >= 0.3 is 5.97 Å². The van der Waals surface area contributed by atoms with Gasteiger partial charge in [-0.25, -0.2) is 4.79 Å². The zero-order valence-electron chi connectivity index (χ0n) is 10.8. The number of benzene rings is 1. The van der Waals surface area contributed by atoms with Gasteiger partial charge in [0.15, 0.2) is 0 Å². The molecule has 0 aliphatic rings. The van der Waals surface area contributed by atoms with Gasteiger partial charge in [-0.15, -0.1) is 0 Å². The van der Waals surface area contributed by atoms with Crippen molar-refractivity contribution in [2.45, 2.75) is 20.4 Å². The van der Waals surface area contributed by atoms with E-state index in [0.717, 1.165) is 0 Å². The number of hydrogen-bond donors (Lipinski definition) is 1. The highest BCUT2D eigenvalue weighted by Crippen LogP contribution is 2.23. The van der Waals surface area contributed by atoms with E-state index in [1.54, 1.807) is 22.8 Å². The quantitative estimate of drug-likeness (QED) is 0.915. The molecule has 0 radical (unpaired) electrons. The molecule has 2 rings (SSSR count). The van der Waals surface area contributed by atoms with E-state index >= 15 is 0 Å². The van der Waals surface area contributed by atoms with Crippen molar-refractivity contribution in [3.05, 3.63) is 40.2 Å². The molecule has 0 amide bonds. The summed E-state index contributed by atoms with van der Waals surface area (Å²) in [5.41, 5.74) is -0.0544. The molecule has 1 heterocycles. The Morgan fingerprint density at radius 3 is 2.68 bits per heavy atom. The first-order valence-corrected chi connectivity index (χ1v) is 6.12. The number of aryl methyl sites for hydroxylation is 1. The maximum absolute atomic E-state index is 12.3. The Kier molecular flexibility index (Phi) is 3.55. The second-order valence-corrected chi connectivity index (χ2v) is 4.05. The maximum atomic E-state index is 12.3. The zero-order valence-corrected chi connectivity index (χ0v) is 10.8. The molecule has 0 saturated carbocycles. The molecule has 0 bridgehead atoms. The number of aromatic carboxylic acids is 1. The summed E-state index contributed by atoms with van der Waals surface area (Å²) < 4.78 is 7.17. The van der Waals surface area contributed by atoms with Gasteiger partial charge in [0.1, 0.15) is 11.3 Å². The molecule has 0 unspecified atom stereocenters. The Morgan fingerprint density at radius 2 is 2.11 bits per heavy atom. The number of nitrogens with zero attached hydrogens (tertiary/aromatic N) is 1. The number of aromatic nitrogens is 1. The smallest absolute Gasteiger partial charge is 0.341 e. The third-order valence-electron chi connectivity index (χ3n) is 2.94. The van der Waals surface area contributed by atoms with Crippen LogP contribution in [0.4, 0.5) is 0 Å². The molecular formula is C14H15NO4. The normalized spacial score (nSPS) is 10.6. The number of carbonyl (C=O) groups is 1. The Morgan fingerprint density at radius 1 is 1.37 bits per heavy atom. The minimum atomic E-state index is -1.22. The van der Waals surface area contributed by atoms with Gasteiger partial charge < -0.3 is 14.4 Å².